The predicted molar refractivity (Wildman–Crippen MR) is 113 cm³/mol. The van der Waals surface area contributed by atoms with Crippen molar-refractivity contribution in [3.05, 3.63) is 70.0 Å². The second-order valence-electron chi connectivity index (χ2n) is 6.63. The number of thiazole rings is 1. The van der Waals surface area contributed by atoms with Gasteiger partial charge in [-0.2, -0.15) is 0 Å². The lowest BCUT2D eigenvalue weighted by Gasteiger charge is -2.04. The van der Waals surface area contributed by atoms with Gasteiger partial charge in [-0.05, 0) is 37.3 Å². The number of carbonyl (C=O) groups excluding carboxylic acids is 1. The number of nitrogens with one attached hydrogen (secondary N) is 1. The summed E-state index contributed by atoms with van der Waals surface area (Å²) in [7, 11) is 0. The van der Waals surface area contributed by atoms with Gasteiger partial charge < -0.3 is 5.32 Å². The number of aryl methyl sites for hydroxylation is 2. The van der Waals surface area contributed by atoms with E-state index in [1.165, 1.54) is 17.4 Å². The van der Waals surface area contributed by atoms with Gasteiger partial charge in [0.25, 0.3) is 0 Å². The second-order valence-corrected chi connectivity index (χ2v) is 7.49. The predicted octanol–water partition coefficient (Wildman–Crippen LogP) is 4.25. The third kappa shape index (κ3) is 3.76. The van der Waals surface area contributed by atoms with Crippen LogP contribution in [0.5, 0.6) is 0 Å². The molecule has 0 atom stereocenters. The van der Waals surface area contributed by atoms with Crippen LogP contribution >= 0.6 is 11.3 Å². The molecule has 0 aliphatic carbocycles. The summed E-state index contributed by atoms with van der Waals surface area (Å²) < 4.78 is 29.8. The fourth-order valence-corrected chi connectivity index (χ4v) is 4.04. The van der Waals surface area contributed by atoms with Crippen LogP contribution in [0, 0.1) is 11.6 Å². The van der Waals surface area contributed by atoms with E-state index in [1.54, 1.807) is 14.5 Å². The molecule has 0 unspecified atom stereocenters. The summed E-state index contributed by atoms with van der Waals surface area (Å²) in [6, 6.07) is 11.0. The summed E-state index contributed by atoms with van der Waals surface area (Å²) in [5.41, 5.74) is 2.33. The third-order valence-electron chi connectivity index (χ3n) is 4.77. The van der Waals surface area contributed by atoms with Crippen LogP contribution in [-0.2, 0) is 17.9 Å². The van der Waals surface area contributed by atoms with Gasteiger partial charge in [-0.25, -0.2) is 18.6 Å². The molecule has 6 nitrogen and oxygen atoms in total. The van der Waals surface area contributed by atoms with Crippen molar-refractivity contribution in [2.24, 2.45) is 0 Å². The number of rotatable bonds is 6. The van der Waals surface area contributed by atoms with Crippen LogP contribution in [0.25, 0.3) is 22.3 Å². The lowest BCUT2D eigenvalue weighted by molar-refractivity contribution is -0.116. The Bertz CT molecular complexity index is 1290. The molecule has 1 N–H and O–H groups in total. The summed E-state index contributed by atoms with van der Waals surface area (Å²) in [6.07, 6.45) is 0.0950. The van der Waals surface area contributed by atoms with E-state index >= 15 is 0 Å². The van der Waals surface area contributed by atoms with Gasteiger partial charge in [-0.15, -0.1) is 11.3 Å². The fourth-order valence-electron chi connectivity index (χ4n) is 3.31. The van der Waals surface area contributed by atoms with Crippen molar-refractivity contribution in [3.63, 3.8) is 0 Å². The Labute approximate surface area is 174 Å². The summed E-state index contributed by atoms with van der Waals surface area (Å²) in [4.78, 5) is 29.3. The fraction of sp³-hybridized carbons (Fsp3) is 0.190. The Kier molecular flexibility index (Phi) is 5.45. The monoisotopic (exact) mass is 428 g/mol. The Hall–Kier alpha value is -3.33. The van der Waals surface area contributed by atoms with Gasteiger partial charge in [0.05, 0.1) is 16.7 Å². The maximum Gasteiger partial charge on any atom is 0.329 e. The van der Waals surface area contributed by atoms with Crippen molar-refractivity contribution in [3.8, 4) is 11.3 Å². The summed E-state index contributed by atoms with van der Waals surface area (Å²) in [5, 5.41) is 4.70. The van der Waals surface area contributed by atoms with E-state index in [0.29, 0.717) is 22.9 Å². The summed E-state index contributed by atoms with van der Waals surface area (Å²) in [5.74, 6) is -2.17. The Morgan fingerprint density at radius 1 is 1.10 bits per heavy atom. The van der Waals surface area contributed by atoms with Crippen LogP contribution in [0.4, 0.5) is 13.9 Å². The molecule has 0 aliphatic rings. The number of nitrogens with zero attached hydrogens (tertiary/aromatic N) is 3. The van der Waals surface area contributed by atoms with Crippen LogP contribution in [0.15, 0.2) is 52.6 Å². The van der Waals surface area contributed by atoms with Crippen LogP contribution < -0.4 is 11.0 Å². The molecule has 0 radical (unpaired) electrons. The van der Waals surface area contributed by atoms with Crippen molar-refractivity contribution in [1.29, 1.82) is 0 Å². The maximum absolute atomic E-state index is 13.4. The molecule has 9 heteroatoms. The Morgan fingerprint density at radius 3 is 2.53 bits per heavy atom. The second kappa shape index (κ2) is 8.19. The van der Waals surface area contributed by atoms with Gasteiger partial charge >= 0.3 is 5.69 Å². The molecule has 2 heterocycles. The number of amides is 1. The smallest absolute Gasteiger partial charge is 0.302 e. The molecular formula is C21H18F2N4O2S. The minimum atomic E-state index is -0.956. The molecule has 154 valence electrons. The molecule has 0 saturated heterocycles. The third-order valence-corrected chi connectivity index (χ3v) is 5.53. The quantitative estimate of drug-likeness (QED) is 0.499. The van der Waals surface area contributed by atoms with Crippen LogP contribution in [-0.4, -0.2) is 20.0 Å². The molecule has 2 aromatic heterocycles. The number of carbonyl (C=O) groups is 1. The Morgan fingerprint density at radius 2 is 1.83 bits per heavy atom. The molecule has 0 fully saturated rings. The number of fused-ring (bicyclic) bond motifs is 1. The number of aromatic nitrogens is 3. The molecule has 30 heavy (non-hydrogen) atoms. The number of para-hydroxylation sites is 2. The van der Waals surface area contributed by atoms with Gasteiger partial charge in [0.2, 0.25) is 5.91 Å². The number of hydrogen-bond acceptors (Lipinski definition) is 4. The molecule has 2 aromatic carbocycles. The van der Waals surface area contributed by atoms with Crippen LogP contribution in [0.1, 0.15) is 13.3 Å². The first-order valence-corrected chi connectivity index (χ1v) is 10.2. The highest BCUT2D eigenvalue weighted by molar-refractivity contribution is 7.14. The standard InChI is InChI=1S/C21H18F2N4O2S/c1-2-26-17-5-3-4-6-18(17)27(21(26)29)10-9-19(28)25-20-24-16(12-30-20)13-7-8-14(22)15(23)11-13/h3-8,11-12H,2,9-10H2,1H3,(H,24,25,28). The number of hydrogen-bond donors (Lipinski definition) is 1. The number of anilines is 1. The molecule has 4 aromatic rings. The molecule has 0 saturated carbocycles. The van der Waals surface area contributed by atoms with E-state index in [1.807, 2.05) is 31.2 Å². The van der Waals surface area contributed by atoms with Gasteiger partial charge in [-0.1, -0.05) is 12.1 Å². The van der Waals surface area contributed by atoms with E-state index in [4.69, 9.17) is 0 Å². The number of imidazole rings is 1. The highest BCUT2D eigenvalue weighted by Crippen LogP contribution is 2.26. The van der Waals surface area contributed by atoms with Crippen molar-refractivity contribution < 1.29 is 13.6 Å². The topological polar surface area (TPSA) is 68.9 Å². The lowest BCUT2D eigenvalue weighted by atomic mass is 10.2. The zero-order valence-corrected chi connectivity index (χ0v) is 16.9. The molecule has 0 bridgehead atoms. The first kappa shape index (κ1) is 20.0. The average molecular weight is 428 g/mol. The molecular weight excluding hydrogens is 410 g/mol. The van der Waals surface area contributed by atoms with E-state index in [-0.39, 0.29) is 24.6 Å². The van der Waals surface area contributed by atoms with Crippen molar-refractivity contribution >= 4 is 33.4 Å². The van der Waals surface area contributed by atoms with Gasteiger partial charge in [0.1, 0.15) is 0 Å². The van der Waals surface area contributed by atoms with Gasteiger partial charge in [0.15, 0.2) is 16.8 Å². The molecule has 4 rings (SSSR count). The van der Waals surface area contributed by atoms with E-state index in [2.05, 4.69) is 10.3 Å². The summed E-state index contributed by atoms with van der Waals surface area (Å²) in [6.45, 7) is 2.68. The van der Waals surface area contributed by atoms with E-state index in [9.17, 15) is 18.4 Å². The van der Waals surface area contributed by atoms with Crippen LogP contribution in [0.3, 0.4) is 0 Å². The number of halogens is 2. The minimum absolute atomic E-state index is 0.0950. The first-order valence-electron chi connectivity index (χ1n) is 9.36. The summed E-state index contributed by atoms with van der Waals surface area (Å²) >= 11 is 1.19. The zero-order chi connectivity index (χ0) is 21.3. The van der Waals surface area contributed by atoms with Crippen LogP contribution in [0.2, 0.25) is 0 Å². The largest absolute Gasteiger partial charge is 0.329 e. The van der Waals surface area contributed by atoms with E-state index in [0.717, 1.165) is 23.2 Å². The van der Waals surface area contributed by atoms with Gasteiger partial charge in [-0.3, -0.25) is 13.9 Å². The highest BCUT2D eigenvalue weighted by Gasteiger charge is 2.14. The highest BCUT2D eigenvalue weighted by atomic mass is 32.1. The maximum atomic E-state index is 13.4. The first-order chi connectivity index (χ1) is 14.5. The molecule has 1 amide bonds. The van der Waals surface area contributed by atoms with Crippen molar-refractivity contribution in [2.45, 2.75) is 26.4 Å². The van der Waals surface area contributed by atoms with E-state index < -0.39 is 11.6 Å². The lowest BCUT2D eigenvalue weighted by Crippen LogP contribution is -2.25. The van der Waals surface area contributed by atoms with Crippen molar-refractivity contribution in [1.82, 2.24) is 14.1 Å². The molecule has 0 spiro atoms. The normalized spacial score (nSPS) is 11.2. The SMILES string of the molecule is CCn1c(=O)n(CCC(=O)Nc2nc(-c3ccc(F)c(F)c3)cs2)c2ccccc21. The average Bonchev–Trinajstić information content (AvgIpc) is 3.30. The van der Waals surface area contributed by atoms with Gasteiger partial charge in [0, 0.05) is 30.5 Å². The molecule has 0 aliphatic heterocycles. The number of benzene rings is 2. The zero-order valence-electron chi connectivity index (χ0n) is 16.1. The minimum Gasteiger partial charge on any atom is -0.302 e. The van der Waals surface area contributed by atoms with Crippen molar-refractivity contribution in [2.75, 3.05) is 5.32 Å². The Balaban J connectivity index is 1.46.